The van der Waals surface area contributed by atoms with Crippen LogP contribution >= 0.6 is 22.9 Å². The molecule has 0 fully saturated rings. The molecule has 1 aromatic carbocycles. The van der Waals surface area contributed by atoms with Crippen molar-refractivity contribution in [2.24, 2.45) is 0 Å². The van der Waals surface area contributed by atoms with Crippen LogP contribution in [0.25, 0.3) is 10.6 Å². The SMILES string of the molecule is CC(CCCO)NC(=O)c1csc(-c2ccccc2Cl)n1. The van der Waals surface area contributed by atoms with E-state index in [-0.39, 0.29) is 18.6 Å². The van der Waals surface area contributed by atoms with Crippen molar-refractivity contribution in [1.82, 2.24) is 10.3 Å². The van der Waals surface area contributed by atoms with E-state index in [1.807, 2.05) is 25.1 Å². The van der Waals surface area contributed by atoms with Gasteiger partial charge in [0, 0.05) is 23.6 Å². The van der Waals surface area contributed by atoms with E-state index in [1.54, 1.807) is 11.4 Å². The fourth-order valence-corrected chi connectivity index (χ4v) is 3.02. The van der Waals surface area contributed by atoms with Crippen LogP contribution in [0, 0.1) is 0 Å². The van der Waals surface area contributed by atoms with E-state index in [0.29, 0.717) is 17.1 Å². The summed E-state index contributed by atoms with van der Waals surface area (Å²) in [7, 11) is 0. The van der Waals surface area contributed by atoms with Crippen LogP contribution in [0.1, 0.15) is 30.3 Å². The molecule has 1 amide bonds. The van der Waals surface area contributed by atoms with Gasteiger partial charge in [-0.1, -0.05) is 29.8 Å². The summed E-state index contributed by atoms with van der Waals surface area (Å²) in [4.78, 5) is 16.4. The van der Waals surface area contributed by atoms with Crippen molar-refractivity contribution < 1.29 is 9.90 Å². The molecule has 112 valence electrons. The number of carbonyl (C=O) groups excluding carboxylic acids is 1. The summed E-state index contributed by atoms with van der Waals surface area (Å²) in [5.41, 5.74) is 1.22. The first kappa shape index (κ1) is 15.9. The zero-order valence-electron chi connectivity index (χ0n) is 11.7. The molecule has 21 heavy (non-hydrogen) atoms. The van der Waals surface area contributed by atoms with Crippen LogP contribution in [0.4, 0.5) is 0 Å². The molecule has 0 aliphatic rings. The van der Waals surface area contributed by atoms with Gasteiger partial charge in [-0.15, -0.1) is 11.3 Å². The van der Waals surface area contributed by atoms with Crippen molar-refractivity contribution in [1.29, 1.82) is 0 Å². The Morgan fingerprint density at radius 3 is 2.95 bits per heavy atom. The van der Waals surface area contributed by atoms with Gasteiger partial charge in [0.25, 0.3) is 5.91 Å². The predicted octanol–water partition coefficient (Wildman–Crippen LogP) is 3.35. The van der Waals surface area contributed by atoms with Gasteiger partial charge in [-0.2, -0.15) is 0 Å². The van der Waals surface area contributed by atoms with E-state index in [0.717, 1.165) is 17.0 Å². The van der Waals surface area contributed by atoms with E-state index in [2.05, 4.69) is 10.3 Å². The van der Waals surface area contributed by atoms with Crippen molar-refractivity contribution in [3.8, 4) is 10.6 Å². The first-order valence-corrected chi connectivity index (χ1v) is 7.99. The lowest BCUT2D eigenvalue weighted by Crippen LogP contribution is -2.32. The van der Waals surface area contributed by atoms with Crippen LogP contribution in [0.5, 0.6) is 0 Å². The van der Waals surface area contributed by atoms with Crippen LogP contribution < -0.4 is 5.32 Å². The number of nitrogens with one attached hydrogen (secondary N) is 1. The number of benzene rings is 1. The highest BCUT2D eigenvalue weighted by molar-refractivity contribution is 7.13. The van der Waals surface area contributed by atoms with Crippen molar-refractivity contribution in [3.63, 3.8) is 0 Å². The fourth-order valence-electron chi connectivity index (χ4n) is 1.90. The Morgan fingerprint density at radius 1 is 1.48 bits per heavy atom. The van der Waals surface area contributed by atoms with Crippen LogP contribution in [0.2, 0.25) is 5.02 Å². The summed E-state index contributed by atoms with van der Waals surface area (Å²) in [6, 6.07) is 7.44. The minimum atomic E-state index is -0.199. The first-order chi connectivity index (χ1) is 10.1. The second-order valence-electron chi connectivity index (χ2n) is 4.76. The maximum Gasteiger partial charge on any atom is 0.270 e. The van der Waals surface area contributed by atoms with E-state index in [9.17, 15) is 4.79 Å². The number of amides is 1. The van der Waals surface area contributed by atoms with Crippen LogP contribution in [-0.2, 0) is 0 Å². The molecule has 1 atom stereocenters. The Balaban J connectivity index is 2.06. The number of aromatic nitrogens is 1. The second kappa shape index (κ2) is 7.54. The molecule has 2 aromatic rings. The minimum Gasteiger partial charge on any atom is -0.396 e. The number of hydrogen-bond acceptors (Lipinski definition) is 4. The van der Waals surface area contributed by atoms with Crippen LogP contribution in [-0.4, -0.2) is 28.6 Å². The number of aliphatic hydroxyl groups excluding tert-OH is 1. The van der Waals surface area contributed by atoms with Gasteiger partial charge >= 0.3 is 0 Å². The lowest BCUT2D eigenvalue weighted by atomic mass is 10.2. The molecule has 0 radical (unpaired) electrons. The Bertz CT molecular complexity index is 615. The van der Waals surface area contributed by atoms with Crippen LogP contribution in [0.3, 0.4) is 0 Å². The molecule has 2 rings (SSSR count). The zero-order chi connectivity index (χ0) is 15.2. The number of hydrogen-bond donors (Lipinski definition) is 2. The molecular formula is C15H17ClN2O2S. The molecule has 0 bridgehead atoms. The fraction of sp³-hybridized carbons (Fsp3) is 0.333. The Morgan fingerprint density at radius 2 is 2.24 bits per heavy atom. The Hall–Kier alpha value is -1.43. The number of thiazole rings is 1. The molecular weight excluding hydrogens is 308 g/mol. The summed E-state index contributed by atoms with van der Waals surface area (Å²) in [5, 5.41) is 14.7. The van der Waals surface area contributed by atoms with Gasteiger partial charge in [0.15, 0.2) is 0 Å². The molecule has 0 aliphatic heterocycles. The summed E-state index contributed by atoms with van der Waals surface area (Å²) in [6.07, 6.45) is 1.41. The lowest BCUT2D eigenvalue weighted by molar-refractivity contribution is 0.0932. The molecule has 6 heteroatoms. The standard InChI is InChI=1S/C15H17ClN2O2S/c1-10(5-4-8-19)17-14(20)13-9-21-15(18-13)11-6-2-3-7-12(11)16/h2-3,6-7,9-10,19H,4-5,8H2,1H3,(H,17,20). The van der Waals surface area contributed by atoms with Gasteiger partial charge in [0.2, 0.25) is 0 Å². The van der Waals surface area contributed by atoms with Crippen LogP contribution in [0.15, 0.2) is 29.6 Å². The van der Waals surface area contributed by atoms with Gasteiger partial charge in [-0.05, 0) is 25.8 Å². The number of halogens is 1. The van der Waals surface area contributed by atoms with Crippen molar-refractivity contribution in [2.75, 3.05) is 6.61 Å². The van der Waals surface area contributed by atoms with Crippen molar-refractivity contribution >= 4 is 28.8 Å². The Labute approximate surface area is 132 Å². The molecule has 1 aromatic heterocycles. The normalized spacial score (nSPS) is 12.1. The number of aliphatic hydroxyl groups is 1. The van der Waals surface area contributed by atoms with Gasteiger partial charge in [0.05, 0.1) is 5.02 Å². The molecule has 0 aliphatic carbocycles. The Kier molecular flexibility index (Phi) is 5.73. The van der Waals surface area contributed by atoms with Crippen molar-refractivity contribution in [2.45, 2.75) is 25.8 Å². The smallest absolute Gasteiger partial charge is 0.270 e. The van der Waals surface area contributed by atoms with E-state index >= 15 is 0 Å². The largest absolute Gasteiger partial charge is 0.396 e. The van der Waals surface area contributed by atoms with E-state index in [4.69, 9.17) is 16.7 Å². The third-order valence-corrected chi connectivity index (χ3v) is 4.22. The topological polar surface area (TPSA) is 62.2 Å². The molecule has 2 N–H and O–H groups in total. The van der Waals surface area contributed by atoms with E-state index < -0.39 is 0 Å². The third-order valence-electron chi connectivity index (χ3n) is 3.01. The summed E-state index contributed by atoms with van der Waals surface area (Å²) < 4.78 is 0. The predicted molar refractivity (Wildman–Crippen MR) is 85.8 cm³/mol. The average molecular weight is 325 g/mol. The number of carbonyl (C=O) groups is 1. The average Bonchev–Trinajstić information content (AvgIpc) is 2.95. The minimum absolute atomic E-state index is 0.00936. The van der Waals surface area contributed by atoms with Gasteiger partial charge < -0.3 is 10.4 Å². The number of nitrogens with zero attached hydrogens (tertiary/aromatic N) is 1. The molecule has 4 nitrogen and oxygen atoms in total. The highest BCUT2D eigenvalue weighted by atomic mass is 35.5. The molecule has 0 saturated heterocycles. The maximum absolute atomic E-state index is 12.1. The highest BCUT2D eigenvalue weighted by Gasteiger charge is 2.15. The second-order valence-corrected chi connectivity index (χ2v) is 6.02. The maximum atomic E-state index is 12.1. The quantitative estimate of drug-likeness (QED) is 0.856. The zero-order valence-corrected chi connectivity index (χ0v) is 13.2. The number of rotatable bonds is 6. The molecule has 0 saturated carbocycles. The van der Waals surface area contributed by atoms with Gasteiger partial charge in [0.1, 0.15) is 10.7 Å². The van der Waals surface area contributed by atoms with E-state index in [1.165, 1.54) is 11.3 Å². The molecule has 0 spiro atoms. The van der Waals surface area contributed by atoms with Gasteiger partial charge in [-0.3, -0.25) is 4.79 Å². The van der Waals surface area contributed by atoms with Gasteiger partial charge in [-0.25, -0.2) is 4.98 Å². The first-order valence-electron chi connectivity index (χ1n) is 6.74. The van der Waals surface area contributed by atoms with Crippen molar-refractivity contribution in [3.05, 3.63) is 40.4 Å². The molecule has 1 heterocycles. The third kappa shape index (κ3) is 4.27. The monoisotopic (exact) mass is 324 g/mol. The summed E-state index contributed by atoms with van der Waals surface area (Å²) >= 11 is 7.53. The summed E-state index contributed by atoms with van der Waals surface area (Å²) in [5.74, 6) is -0.199. The highest BCUT2D eigenvalue weighted by Crippen LogP contribution is 2.30. The lowest BCUT2D eigenvalue weighted by Gasteiger charge is -2.11. The molecule has 1 unspecified atom stereocenters. The summed E-state index contributed by atoms with van der Waals surface area (Å²) in [6.45, 7) is 2.04.